The molecule has 0 amide bonds. The van der Waals surface area contributed by atoms with Gasteiger partial charge in [0.05, 0.1) is 16.7 Å². The van der Waals surface area contributed by atoms with Gasteiger partial charge < -0.3 is 10.3 Å². The molecule has 0 saturated carbocycles. The Balaban J connectivity index is 1.45. The number of imidazole rings is 1. The van der Waals surface area contributed by atoms with Crippen LogP contribution >= 0.6 is 11.3 Å². The van der Waals surface area contributed by atoms with Crippen molar-refractivity contribution in [2.24, 2.45) is 0 Å². The zero-order valence-electron chi connectivity index (χ0n) is 19.0. The number of rotatable bonds is 5. The SMILES string of the molecule is Cc1ccc(-c2ccnc3nc(-c4n[nH]c5ccc(-c6cncc(NC(C)C)c6)cc45)[nH]c23)s1. The van der Waals surface area contributed by atoms with E-state index in [0.717, 1.165) is 44.5 Å². The van der Waals surface area contributed by atoms with Crippen LogP contribution in [0.15, 0.2) is 61.1 Å². The highest BCUT2D eigenvalue weighted by atomic mass is 32.1. The number of hydrogen-bond acceptors (Lipinski definition) is 6. The summed E-state index contributed by atoms with van der Waals surface area (Å²) >= 11 is 1.76. The summed E-state index contributed by atoms with van der Waals surface area (Å²) in [6.45, 7) is 6.34. The van der Waals surface area contributed by atoms with E-state index in [1.165, 1.54) is 9.75 Å². The predicted molar refractivity (Wildman–Crippen MR) is 139 cm³/mol. The van der Waals surface area contributed by atoms with Crippen LogP contribution in [0.3, 0.4) is 0 Å². The first-order valence-corrected chi connectivity index (χ1v) is 12.0. The Kier molecular flexibility index (Phi) is 4.88. The number of thiophene rings is 1. The number of aromatic nitrogens is 6. The van der Waals surface area contributed by atoms with E-state index in [0.29, 0.717) is 17.5 Å². The number of nitrogens with one attached hydrogen (secondary N) is 3. The van der Waals surface area contributed by atoms with Crippen molar-refractivity contribution in [3.8, 4) is 33.1 Å². The van der Waals surface area contributed by atoms with Gasteiger partial charge in [-0.3, -0.25) is 10.1 Å². The summed E-state index contributed by atoms with van der Waals surface area (Å²) in [5, 5.41) is 12.1. The fraction of sp³-hybridized carbons (Fsp3) is 0.154. The molecule has 3 N–H and O–H groups in total. The van der Waals surface area contributed by atoms with E-state index < -0.39 is 0 Å². The number of benzene rings is 1. The molecule has 0 radical (unpaired) electrons. The molecule has 5 heterocycles. The molecule has 6 rings (SSSR count). The molecule has 0 aliphatic carbocycles. The molecule has 8 heteroatoms. The molecule has 34 heavy (non-hydrogen) atoms. The van der Waals surface area contributed by atoms with Gasteiger partial charge in [0.25, 0.3) is 0 Å². The van der Waals surface area contributed by atoms with E-state index in [-0.39, 0.29) is 0 Å². The third kappa shape index (κ3) is 3.62. The van der Waals surface area contributed by atoms with Gasteiger partial charge in [0.2, 0.25) is 0 Å². The molecule has 6 aromatic rings. The maximum absolute atomic E-state index is 4.78. The minimum atomic E-state index is 0.338. The Morgan fingerprint density at radius 3 is 2.74 bits per heavy atom. The molecule has 0 bridgehead atoms. The van der Waals surface area contributed by atoms with Crippen LogP contribution in [0, 0.1) is 6.92 Å². The van der Waals surface area contributed by atoms with Crippen molar-refractivity contribution < 1.29 is 0 Å². The predicted octanol–water partition coefficient (Wildman–Crippen LogP) is 6.42. The van der Waals surface area contributed by atoms with Crippen LogP contribution in [0.5, 0.6) is 0 Å². The first-order chi connectivity index (χ1) is 16.5. The number of H-pyrrole nitrogens is 2. The van der Waals surface area contributed by atoms with Crippen molar-refractivity contribution in [2.75, 3.05) is 5.32 Å². The summed E-state index contributed by atoms with van der Waals surface area (Å²) in [5.41, 5.74) is 7.53. The minimum Gasteiger partial charge on any atom is -0.382 e. The van der Waals surface area contributed by atoms with Gasteiger partial charge in [0, 0.05) is 50.9 Å². The van der Waals surface area contributed by atoms with Gasteiger partial charge in [-0.15, -0.1) is 11.3 Å². The number of pyridine rings is 2. The second-order valence-electron chi connectivity index (χ2n) is 8.65. The standard InChI is InChI=1S/C26H23N7S/c1-14(2)29-18-10-17(12-27-13-18)16-5-6-21-20(11-16)24(33-32-21)26-30-23-19(8-9-28-25(23)31-26)22-7-4-15(3)34-22/h4-14,29H,1-3H3,(H,32,33)(H,28,30,31). The van der Waals surface area contributed by atoms with E-state index in [2.05, 4.69) is 81.6 Å². The maximum atomic E-state index is 4.78. The Bertz CT molecular complexity index is 1640. The maximum Gasteiger partial charge on any atom is 0.178 e. The van der Waals surface area contributed by atoms with Crippen LogP contribution in [0.25, 0.3) is 55.2 Å². The second kappa shape index (κ2) is 8.07. The lowest BCUT2D eigenvalue weighted by atomic mass is 10.0. The molecule has 0 aliphatic heterocycles. The lowest BCUT2D eigenvalue weighted by molar-refractivity contribution is 0.898. The lowest BCUT2D eigenvalue weighted by Gasteiger charge is -2.11. The third-order valence-electron chi connectivity index (χ3n) is 5.71. The van der Waals surface area contributed by atoms with Crippen LogP contribution < -0.4 is 5.32 Å². The number of aromatic amines is 2. The molecule has 0 saturated heterocycles. The van der Waals surface area contributed by atoms with Crippen LogP contribution in [0.2, 0.25) is 0 Å². The highest BCUT2D eigenvalue weighted by Crippen LogP contribution is 2.35. The Hall–Kier alpha value is -4.04. The first kappa shape index (κ1) is 20.6. The van der Waals surface area contributed by atoms with Gasteiger partial charge >= 0.3 is 0 Å². The molecule has 0 aliphatic rings. The van der Waals surface area contributed by atoms with Crippen molar-refractivity contribution in [3.05, 3.63) is 65.9 Å². The molecule has 0 fully saturated rings. The van der Waals surface area contributed by atoms with E-state index in [4.69, 9.17) is 4.98 Å². The van der Waals surface area contributed by atoms with Crippen LogP contribution in [-0.4, -0.2) is 36.2 Å². The molecular formula is C26H23N7S. The van der Waals surface area contributed by atoms with E-state index in [1.54, 1.807) is 11.3 Å². The van der Waals surface area contributed by atoms with Crippen LogP contribution in [-0.2, 0) is 0 Å². The zero-order chi connectivity index (χ0) is 23.2. The smallest absolute Gasteiger partial charge is 0.178 e. The van der Waals surface area contributed by atoms with Crippen molar-refractivity contribution in [1.82, 2.24) is 30.1 Å². The molecule has 168 valence electrons. The Morgan fingerprint density at radius 2 is 1.91 bits per heavy atom. The van der Waals surface area contributed by atoms with Crippen LogP contribution in [0.4, 0.5) is 5.69 Å². The average molecular weight is 466 g/mol. The van der Waals surface area contributed by atoms with Crippen LogP contribution in [0.1, 0.15) is 18.7 Å². The van der Waals surface area contributed by atoms with E-state index >= 15 is 0 Å². The summed E-state index contributed by atoms with van der Waals surface area (Å²) in [4.78, 5) is 19.6. The number of nitrogens with zero attached hydrogens (tertiary/aromatic N) is 4. The van der Waals surface area contributed by atoms with Crippen molar-refractivity contribution in [1.29, 1.82) is 0 Å². The molecule has 0 atom stereocenters. The number of fused-ring (bicyclic) bond motifs is 2. The quantitative estimate of drug-likeness (QED) is 0.273. The molecular weight excluding hydrogens is 442 g/mol. The minimum absolute atomic E-state index is 0.338. The second-order valence-corrected chi connectivity index (χ2v) is 9.93. The van der Waals surface area contributed by atoms with Gasteiger partial charge in [-0.1, -0.05) is 6.07 Å². The molecule has 0 unspecified atom stereocenters. The highest BCUT2D eigenvalue weighted by Gasteiger charge is 2.17. The number of hydrogen-bond donors (Lipinski definition) is 3. The summed E-state index contributed by atoms with van der Waals surface area (Å²) in [6.07, 6.45) is 5.54. The number of aryl methyl sites for hydroxylation is 1. The largest absolute Gasteiger partial charge is 0.382 e. The van der Waals surface area contributed by atoms with E-state index in [1.807, 2.05) is 30.7 Å². The number of anilines is 1. The van der Waals surface area contributed by atoms with Crippen molar-refractivity contribution in [2.45, 2.75) is 26.8 Å². The molecule has 1 aromatic carbocycles. The van der Waals surface area contributed by atoms with E-state index in [9.17, 15) is 0 Å². The van der Waals surface area contributed by atoms with Crippen molar-refractivity contribution in [3.63, 3.8) is 0 Å². The Labute approximate surface area is 200 Å². The zero-order valence-corrected chi connectivity index (χ0v) is 19.9. The van der Waals surface area contributed by atoms with Gasteiger partial charge in [-0.2, -0.15) is 5.10 Å². The summed E-state index contributed by atoms with van der Waals surface area (Å²) < 4.78 is 0. The summed E-state index contributed by atoms with van der Waals surface area (Å²) in [6, 6.07) is 15.0. The lowest BCUT2D eigenvalue weighted by Crippen LogP contribution is -2.09. The molecule has 5 aromatic heterocycles. The van der Waals surface area contributed by atoms with Gasteiger partial charge in [-0.25, -0.2) is 9.97 Å². The normalized spacial score (nSPS) is 11.6. The topological polar surface area (TPSA) is 95.2 Å². The highest BCUT2D eigenvalue weighted by molar-refractivity contribution is 7.15. The summed E-state index contributed by atoms with van der Waals surface area (Å²) in [5.74, 6) is 0.694. The van der Waals surface area contributed by atoms with Gasteiger partial charge in [0.15, 0.2) is 11.5 Å². The molecule has 0 spiro atoms. The summed E-state index contributed by atoms with van der Waals surface area (Å²) in [7, 11) is 0. The third-order valence-corrected chi connectivity index (χ3v) is 6.75. The average Bonchev–Trinajstić information content (AvgIpc) is 3.55. The Morgan fingerprint density at radius 1 is 1.00 bits per heavy atom. The van der Waals surface area contributed by atoms with Crippen molar-refractivity contribution >= 4 is 39.1 Å². The van der Waals surface area contributed by atoms with Gasteiger partial charge in [0.1, 0.15) is 5.69 Å². The fourth-order valence-corrected chi connectivity index (χ4v) is 5.09. The first-order valence-electron chi connectivity index (χ1n) is 11.2. The fourth-order valence-electron chi connectivity index (χ4n) is 4.19. The van der Waals surface area contributed by atoms with Gasteiger partial charge in [-0.05, 0) is 62.7 Å². The molecule has 7 nitrogen and oxygen atoms in total. The monoisotopic (exact) mass is 465 g/mol.